The van der Waals surface area contributed by atoms with Gasteiger partial charge in [0.2, 0.25) is 0 Å². The fourth-order valence-corrected chi connectivity index (χ4v) is 2.10. The Balaban J connectivity index is 0.000000182. The molecule has 0 saturated carbocycles. The number of halogens is 1. The van der Waals surface area contributed by atoms with E-state index < -0.39 is 11.9 Å². The van der Waals surface area contributed by atoms with Gasteiger partial charge in [-0.3, -0.25) is 5.10 Å². The summed E-state index contributed by atoms with van der Waals surface area (Å²) in [5, 5.41) is 36.5. The Bertz CT molecular complexity index is 923. The molecule has 24 heavy (non-hydrogen) atoms. The number of aromatic nitrogens is 3. The van der Waals surface area contributed by atoms with Crippen LogP contribution in [-0.2, 0) is 0 Å². The first-order chi connectivity index (χ1) is 11.3. The second-order valence-corrected chi connectivity index (χ2v) is 5.13. The van der Waals surface area contributed by atoms with Crippen LogP contribution in [0.3, 0.4) is 0 Å². The molecule has 0 bridgehead atoms. The fraction of sp³-hybridized carbons (Fsp3) is 0.0667. The molecule has 2 aromatic carbocycles. The van der Waals surface area contributed by atoms with Gasteiger partial charge < -0.3 is 15.3 Å². The monoisotopic (exact) mass is 349 g/mol. The predicted octanol–water partition coefficient (Wildman–Crippen LogP) is 2.71. The van der Waals surface area contributed by atoms with E-state index in [-0.39, 0.29) is 21.9 Å². The molecule has 8 nitrogen and oxygen atoms in total. The molecule has 0 fully saturated rings. The van der Waals surface area contributed by atoms with Crippen LogP contribution in [0.15, 0.2) is 30.3 Å². The largest absolute Gasteiger partial charge is 0.506 e. The molecule has 124 valence electrons. The highest BCUT2D eigenvalue weighted by Crippen LogP contribution is 2.22. The van der Waals surface area contributed by atoms with E-state index in [0.717, 1.165) is 11.6 Å². The summed E-state index contributed by atoms with van der Waals surface area (Å²) in [5.74, 6) is -2.23. The topological polar surface area (TPSA) is 136 Å². The number of aromatic amines is 1. The van der Waals surface area contributed by atoms with Crippen LogP contribution in [0.5, 0.6) is 5.75 Å². The van der Waals surface area contributed by atoms with Gasteiger partial charge in [0.1, 0.15) is 5.75 Å². The standard InChI is InChI=1S/C9H7ClO4.C6H5N3O/c1-4-6(9(13)14)2-5(8(11)12)3-7(4)10;10-5-3-1-2-4-6(5)8-9-7-4/h2-3H,1H3,(H,11,12)(H,13,14);1-3,10H,(H,7,8,9). The summed E-state index contributed by atoms with van der Waals surface area (Å²) in [6.07, 6.45) is 0. The zero-order chi connectivity index (χ0) is 17.9. The zero-order valence-electron chi connectivity index (χ0n) is 12.3. The van der Waals surface area contributed by atoms with Crippen LogP contribution in [0.4, 0.5) is 0 Å². The lowest BCUT2D eigenvalue weighted by atomic mass is 10.1. The van der Waals surface area contributed by atoms with Gasteiger partial charge in [-0.05, 0) is 36.8 Å². The summed E-state index contributed by atoms with van der Waals surface area (Å²) < 4.78 is 0. The van der Waals surface area contributed by atoms with Crippen molar-refractivity contribution in [2.45, 2.75) is 6.92 Å². The lowest BCUT2D eigenvalue weighted by Gasteiger charge is -2.04. The van der Waals surface area contributed by atoms with Crippen LogP contribution >= 0.6 is 11.6 Å². The SMILES string of the molecule is Cc1c(Cl)cc(C(=O)O)cc1C(=O)O.Oc1cccc2[nH]nnc12. The smallest absolute Gasteiger partial charge is 0.336 e. The Morgan fingerprint density at radius 1 is 1.17 bits per heavy atom. The molecule has 9 heteroatoms. The number of aromatic carboxylic acids is 2. The number of carboxylic acids is 2. The van der Waals surface area contributed by atoms with Crippen LogP contribution in [-0.4, -0.2) is 42.7 Å². The van der Waals surface area contributed by atoms with Gasteiger partial charge in [0, 0.05) is 5.02 Å². The number of carboxylic acid groups (broad SMARTS) is 2. The van der Waals surface area contributed by atoms with Crippen molar-refractivity contribution in [3.63, 3.8) is 0 Å². The quantitative estimate of drug-likeness (QED) is 0.558. The van der Waals surface area contributed by atoms with E-state index >= 15 is 0 Å². The van der Waals surface area contributed by atoms with Gasteiger partial charge in [0.25, 0.3) is 0 Å². The number of nitrogens with one attached hydrogen (secondary N) is 1. The molecule has 1 heterocycles. The van der Waals surface area contributed by atoms with E-state index in [1.807, 2.05) is 0 Å². The van der Waals surface area contributed by atoms with Crippen molar-refractivity contribution in [3.05, 3.63) is 52.0 Å². The van der Waals surface area contributed by atoms with E-state index in [2.05, 4.69) is 15.4 Å². The van der Waals surface area contributed by atoms with Crippen molar-refractivity contribution < 1.29 is 24.9 Å². The van der Waals surface area contributed by atoms with Crippen LogP contribution in [0.1, 0.15) is 26.3 Å². The van der Waals surface area contributed by atoms with E-state index in [1.165, 1.54) is 13.0 Å². The van der Waals surface area contributed by atoms with Crippen molar-refractivity contribution >= 4 is 34.6 Å². The third kappa shape index (κ3) is 3.61. The molecule has 3 rings (SSSR count). The molecular weight excluding hydrogens is 338 g/mol. The summed E-state index contributed by atoms with van der Waals surface area (Å²) in [4.78, 5) is 21.3. The van der Waals surface area contributed by atoms with Gasteiger partial charge in [-0.25, -0.2) is 9.59 Å². The molecule has 0 aliphatic heterocycles. The van der Waals surface area contributed by atoms with Crippen molar-refractivity contribution in [2.24, 2.45) is 0 Å². The van der Waals surface area contributed by atoms with Crippen LogP contribution in [0, 0.1) is 6.92 Å². The van der Waals surface area contributed by atoms with Gasteiger partial charge in [-0.2, -0.15) is 0 Å². The first-order valence-electron chi connectivity index (χ1n) is 6.56. The van der Waals surface area contributed by atoms with E-state index in [4.69, 9.17) is 26.9 Å². The number of phenolic OH excluding ortho intramolecular Hbond substituents is 1. The molecule has 0 aliphatic rings. The summed E-state index contributed by atoms with van der Waals surface area (Å²) >= 11 is 5.68. The summed E-state index contributed by atoms with van der Waals surface area (Å²) in [6, 6.07) is 7.43. The average Bonchev–Trinajstić information content (AvgIpc) is 3.00. The normalized spacial score (nSPS) is 10.1. The number of hydrogen-bond acceptors (Lipinski definition) is 5. The maximum absolute atomic E-state index is 10.7. The van der Waals surface area contributed by atoms with Crippen molar-refractivity contribution in [2.75, 3.05) is 0 Å². The van der Waals surface area contributed by atoms with Gasteiger partial charge >= 0.3 is 11.9 Å². The summed E-state index contributed by atoms with van der Waals surface area (Å²) in [5.41, 5.74) is 1.42. The summed E-state index contributed by atoms with van der Waals surface area (Å²) in [6.45, 7) is 1.53. The van der Waals surface area contributed by atoms with Crippen LogP contribution in [0.2, 0.25) is 5.02 Å². The van der Waals surface area contributed by atoms with E-state index in [1.54, 1.807) is 18.2 Å². The van der Waals surface area contributed by atoms with Crippen molar-refractivity contribution in [1.29, 1.82) is 0 Å². The van der Waals surface area contributed by atoms with Crippen molar-refractivity contribution in [1.82, 2.24) is 15.4 Å². The van der Waals surface area contributed by atoms with E-state index in [0.29, 0.717) is 11.1 Å². The molecule has 4 N–H and O–H groups in total. The lowest BCUT2D eigenvalue weighted by molar-refractivity contribution is 0.0695. The minimum atomic E-state index is -1.20. The van der Waals surface area contributed by atoms with Gasteiger partial charge in [0.05, 0.1) is 16.6 Å². The fourth-order valence-electron chi connectivity index (χ4n) is 1.88. The minimum absolute atomic E-state index is 0.0881. The number of fused-ring (bicyclic) bond motifs is 1. The highest BCUT2D eigenvalue weighted by atomic mass is 35.5. The number of benzene rings is 2. The number of H-pyrrole nitrogens is 1. The van der Waals surface area contributed by atoms with Crippen LogP contribution < -0.4 is 0 Å². The number of hydrogen-bond donors (Lipinski definition) is 4. The number of nitrogens with zero attached hydrogens (tertiary/aromatic N) is 2. The zero-order valence-corrected chi connectivity index (χ0v) is 13.1. The highest BCUT2D eigenvalue weighted by molar-refractivity contribution is 6.32. The third-order valence-corrected chi connectivity index (χ3v) is 3.55. The molecule has 0 radical (unpaired) electrons. The number of carbonyl (C=O) groups is 2. The molecule has 0 unspecified atom stereocenters. The second-order valence-electron chi connectivity index (χ2n) is 4.73. The number of aromatic hydroxyl groups is 1. The molecule has 0 amide bonds. The number of phenols is 1. The van der Waals surface area contributed by atoms with Crippen LogP contribution in [0.25, 0.3) is 11.0 Å². The molecule has 0 aliphatic carbocycles. The lowest BCUT2D eigenvalue weighted by Crippen LogP contribution is -2.05. The minimum Gasteiger partial charge on any atom is -0.506 e. The molecular formula is C15H12ClN3O5. The average molecular weight is 350 g/mol. The Kier molecular flexibility index (Phi) is 5.00. The Morgan fingerprint density at radius 2 is 1.88 bits per heavy atom. The van der Waals surface area contributed by atoms with Gasteiger partial charge in [-0.1, -0.05) is 22.9 Å². The summed E-state index contributed by atoms with van der Waals surface area (Å²) in [7, 11) is 0. The Morgan fingerprint density at radius 3 is 2.46 bits per heavy atom. The second kappa shape index (κ2) is 6.97. The van der Waals surface area contributed by atoms with E-state index in [9.17, 15) is 9.59 Å². The maximum Gasteiger partial charge on any atom is 0.336 e. The molecule has 0 atom stereocenters. The van der Waals surface area contributed by atoms with Gasteiger partial charge in [0.15, 0.2) is 5.52 Å². The molecule has 0 saturated heterocycles. The van der Waals surface area contributed by atoms with Gasteiger partial charge in [-0.15, -0.1) is 5.10 Å². The van der Waals surface area contributed by atoms with Crippen molar-refractivity contribution in [3.8, 4) is 5.75 Å². The predicted molar refractivity (Wildman–Crippen MR) is 85.7 cm³/mol. The third-order valence-electron chi connectivity index (χ3n) is 3.16. The number of rotatable bonds is 2. The maximum atomic E-state index is 10.7. The molecule has 3 aromatic rings. The Hall–Kier alpha value is -3.13. The molecule has 1 aromatic heterocycles. The Labute approximate surface area is 140 Å². The highest BCUT2D eigenvalue weighted by Gasteiger charge is 2.14. The first-order valence-corrected chi connectivity index (χ1v) is 6.94. The molecule has 0 spiro atoms. The first kappa shape index (κ1) is 17.2.